The second-order valence-corrected chi connectivity index (χ2v) is 6.14. The van der Waals surface area contributed by atoms with E-state index in [2.05, 4.69) is 18.7 Å². The lowest BCUT2D eigenvalue weighted by molar-refractivity contribution is -0.0461. The first-order valence-corrected chi connectivity index (χ1v) is 6.65. The van der Waals surface area contributed by atoms with E-state index in [4.69, 9.17) is 4.74 Å². The molecule has 17 heavy (non-hydrogen) atoms. The lowest BCUT2D eigenvalue weighted by atomic mass is 9.87. The van der Waals surface area contributed by atoms with E-state index < -0.39 is 0 Å². The van der Waals surface area contributed by atoms with Gasteiger partial charge in [0.2, 0.25) is 0 Å². The summed E-state index contributed by atoms with van der Waals surface area (Å²) in [7, 11) is 0. The molecule has 0 bridgehead atoms. The van der Waals surface area contributed by atoms with Crippen molar-refractivity contribution in [2.24, 2.45) is 11.3 Å². The van der Waals surface area contributed by atoms with Crippen LogP contribution in [0.1, 0.15) is 26.7 Å². The van der Waals surface area contributed by atoms with Crippen molar-refractivity contribution in [2.45, 2.75) is 38.8 Å². The summed E-state index contributed by atoms with van der Waals surface area (Å²) in [6.07, 6.45) is 1.96. The van der Waals surface area contributed by atoms with Crippen LogP contribution in [0.2, 0.25) is 0 Å². The predicted molar refractivity (Wildman–Crippen MR) is 65.8 cm³/mol. The molecule has 1 aliphatic heterocycles. The van der Waals surface area contributed by atoms with E-state index in [0.29, 0.717) is 12.5 Å². The highest BCUT2D eigenvalue weighted by atomic mass is 16.5. The lowest BCUT2D eigenvalue weighted by Gasteiger charge is -2.37. The Morgan fingerprint density at radius 2 is 2.18 bits per heavy atom. The van der Waals surface area contributed by atoms with E-state index in [1.807, 2.05) is 0 Å². The number of hydrogen-bond donors (Lipinski definition) is 2. The molecule has 2 aliphatic rings. The molecule has 0 amide bonds. The molecule has 3 unspecified atom stereocenters. The van der Waals surface area contributed by atoms with E-state index in [1.54, 1.807) is 0 Å². The number of hydrogen-bond acceptors (Lipinski definition) is 4. The van der Waals surface area contributed by atoms with E-state index in [1.165, 1.54) is 0 Å². The summed E-state index contributed by atoms with van der Waals surface area (Å²) >= 11 is 0. The largest absolute Gasteiger partial charge is 0.395 e. The van der Waals surface area contributed by atoms with Gasteiger partial charge in [-0.15, -0.1) is 0 Å². The van der Waals surface area contributed by atoms with Gasteiger partial charge in [-0.05, 0) is 24.2 Å². The van der Waals surface area contributed by atoms with Crippen LogP contribution in [0.4, 0.5) is 0 Å². The molecule has 4 heteroatoms. The summed E-state index contributed by atoms with van der Waals surface area (Å²) in [4.78, 5) is 2.28. The lowest BCUT2D eigenvalue weighted by Crippen LogP contribution is -2.50. The molecule has 100 valence electrons. The highest BCUT2D eigenvalue weighted by Gasteiger charge is 2.41. The van der Waals surface area contributed by atoms with Crippen LogP contribution in [0.15, 0.2) is 0 Å². The van der Waals surface area contributed by atoms with Crippen LogP contribution in [-0.4, -0.2) is 60.2 Å². The van der Waals surface area contributed by atoms with Gasteiger partial charge in [0.05, 0.1) is 32.0 Å². The van der Waals surface area contributed by atoms with E-state index in [0.717, 1.165) is 32.5 Å². The maximum absolute atomic E-state index is 10.3. The molecule has 0 aromatic rings. The molecule has 0 aromatic carbocycles. The average Bonchev–Trinajstić information content (AvgIpc) is 2.57. The van der Waals surface area contributed by atoms with Crippen LogP contribution in [-0.2, 0) is 4.74 Å². The average molecular weight is 243 g/mol. The van der Waals surface area contributed by atoms with Crippen molar-refractivity contribution in [1.82, 2.24) is 4.90 Å². The Hall–Kier alpha value is -0.160. The zero-order valence-corrected chi connectivity index (χ0v) is 10.9. The van der Waals surface area contributed by atoms with Crippen LogP contribution in [0.25, 0.3) is 0 Å². The Labute approximate surface area is 104 Å². The molecule has 2 fully saturated rings. The maximum atomic E-state index is 10.3. The smallest absolute Gasteiger partial charge is 0.0644 e. The minimum absolute atomic E-state index is 0.0473. The quantitative estimate of drug-likeness (QED) is 0.757. The van der Waals surface area contributed by atoms with Crippen LogP contribution in [0.3, 0.4) is 0 Å². The molecule has 3 atom stereocenters. The zero-order chi connectivity index (χ0) is 12.5. The van der Waals surface area contributed by atoms with Gasteiger partial charge in [-0.1, -0.05) is 13.8 Å². The fourth-order valence-electron chi connectivity index (χ4n) is 3.09. The highest BCUT2D eigenvalue weighted by molar-refractivity contribution is 4.93. The van der Waals surface area contributed by atoms with Crippen molar-refractivity contribution in [1.29, 1.82) is 0 Å². The molecular formula is C13H25NO3. The topological polar surface area (TPSA) is 52.9 Å². The van der Waals surface area contributed by atoms with E-state index in [9.17, 15) is 10.2 Å². The maximum Gasteiger partial charge on any atom is 0.0644 e. The summed E-state index contributed by atoms with van der Waals surface area (Å²) in [5.74, 6) is 0.345. The number of aliphatic hydroxyl groups excluding tert-OH is 2. The standard InChI is InChI=1S/C13H25NO3/c1-13(2)4-3-10(12(13)16)7-14-5-6-17-9-11(14)8-15/h10-12,15-16H,3-9H2,1-2H3. The van der Waals surface area contributed by atoms with Crippen molar-refractivity contribution >= 4 is 0 Å². The molecule has 0 spiro atoms. The second kappa shape index (κ2) is 5.22. The Kier molecular flexibility index (Phi) is 4.08. The van der Waals surface area contributed by atoms with E-state index in [-0.39, 0.29) is 24.2 Å². The Morgan fingerprint density at radius 1 is 1.41 bits per heavy atom. The highest BCUT2D eigenvalue weighted by Crippen LogP contribution is 2.41. The molecule has 2 N–H and O–H groups in total. The van der Waals surface area contributed by atoms with Crippen LogP contribution >= 0.6 is 0 Å². The van der Waals surface area contributed by atoms with Gasteiger partial charge in [0, 0.05) is 13.1 Å². The third-order valence-corrected chi connectivity index (χ3v) is 4.44. The molecule has 1 heterocycles. The minimum atomic E-state index is -0.218. The third kappa shape index (κ3) is 2.81. The summed E-state index contributed by atoms with van der Waals surface area (Å²) in [5.41, 5.74) is 0.0473. The minimum Gasteiger partial charge on any atom is -0.395 e. The Morgan fingerprint density at radius 3 is 2.76 bits per heavy atom. The molecule has 0 radical (unpaired) electrons. The van der Waals surface area contributed by atoms with Crippen molar-refractivity contribution in [3.63, 3.8) is 0 Å². The fourth-order valence-corrected chi connectivity index (χ4v) is 3.09. The number of morpholine rings is 1. The molecule has 0 aromatic heterocycles. The molecule has 4 nitrogen and oxygen atoms in total. The first kappa shape index (κ1) is 13.3. The summed E-state index contributed by atoms with van der Waals surface area (Å²) in [5, 5.41) is 19.6. The normalized spacial score (nSPS) is 38.5. The number of rotatable bonds is 3. The summed E-state index contributed by atoms with van der Waals surface area (Å²) in [6, 6.07) is 0.111. The number of aliphatic hydroxyl groups is 2. The van der Waals surface area contributed by atoms with E-state index >= 15 is 0 Å². The fraction of sp³-hybridized carbons (Fsp3) is 1.00. The summed E-state index contributed by atoms with van der Waals surface area (Å²) < 4.78 is 5.37. The molecular weight excluding hydrogens is 218 g/mol. The first-order chi connectivity index (χ1) is 8.04. The van der Waals surface area contributed by atoms with Gasteiger partial charge in [-0.25, -0.2) is 0 Å². The van der Waals surface area contributed by atoms with Crippen LogP contribution < -0.4 is 0 Å². The summed E-state index contributed by atoms with van der Waals surface area (Å²) in [6.45, 7) is 7.53. The molecule has 2 rings (SSSR count). The number of ether oxygens (including phenoxy) is 1. The molecule has 1 saturated carbocycles. The van der Waals surface area contributed by atoms with Gasteiger partial charge in [-0.2, -0.15) is 0 Å². The van der Waals surface area contributed by atoms with Gasteiger partial charge >= 0.3 is 0 Å². The second-order valence-electron chi connectivity index (χ2n) is 6.14. The SMILES string of the molecule is CC1(C)CCC(CN2CCOCC2CO)C1O. The van der Waals surface area contributed by atoms with Crippen LogP contribution in [0.5, 0.6) is 0 Å². The van der Waals surface area contributed by atoms with Gasteiger partial charge in [-0.3, -0.25) is 4.90 Å². The van der Waals surface area contributed by atoms with Crippen molar-refractivity contribution < 1.29 is 14.9 Å². The van der Waals surface area contributed by atoms with Gasteiger partial charge < -0.3 is 14.9 Å². The molecule has 1 saturated heterocycles. The monoisotopic (exact) mass is 243 g/mol. The Balaban J connectivity index is 1.92. The third-order valence-electron chi connectivity index (χ3n) is 4.44. The van der Waals surface area contributed by atoms with Gasteiger partial charge in [0.25, 0.3) is 0 Å². The zero-order valence-electron chi connectivity index (χ0n) is 10.9. The van der Waals surface area contributed by atoms with Crippen molar-refractivity contribution in [3.8, 4) is 0 Å². The van der Waals surface area contributed by atoms with Crippen molar-refractivity contribution in [2.75, 3.05) is 32.9 Å². The van der Waals surface area contributed by atoms with Crippen LogP contribution in [0, 0.1) is 11.3 Å². The van der Waals surface area contributed by atoms with Crippen molar-refractivity contribution in [3.05, 3.63) is 0 Å². The molecule has 1 aliphatic carbocycles. The number of nitrogens with zero attached hydrogens (tertiary/aromatic N) is 1. The predicted octanol–water partition coefficient (Wildman–Crippen LogP) is 0.477. The van der Waals surface area contributed by atoms with Gasteiger partial charge in [0.15, 0.2) is 0 Å². The first-order valence-electron chi connectivity index (χ1n) is 6.65. The van der Waals surface area contributed by atoms with Gasteiger partial charge in [0.1, 0.15) is 0 Å². The Bertz CT molecular complexity index is 257.